The number of fused-ring (bicyclic) bond motifs is 1. The number of H-pyrrole nitrogens is 1. The van der Waals surface area contributed by atoms with Crippen LogP contribution in [0.1, 0.15) is 44.1 Å². The quantitative estimate of drug-likeness (QED) is 0.797. The van der Waals surface area contributed by atoms with E-state index in [0.717, 1.165) is 42.1 Å². The van der Waals surface area contributed by atoms with Gasteiger partial charge in [0.05, 0.1) is 5.25 Å². The maximum absolute atomic E-state index is 13.1. The van der Waals surface area contributed by atoms with Gasteiger partial charge in [0, 0.05) is 30.2 Å². The van der Waals surface area contributed by atoms with E-state index in [1.165, 1.54) is 0 Å². The van der Waals surface area contributed by atoms with Crippen LogP contribution in [0.15, 0.2) is 30.5 Å². The summed E-state index contributed by atoms with van der Waals surface area (Å²) >= 11 is 0. The van der Waals surface area contributed by atoms with Crippen molar-refractivity contribution in [1.29, 1.82) is 0 Å². The van der Waals surface area contributed by atoms with Gasteiger partial charge in [-0.1, -0.05) is 31.0 Å². The summed E-state index contributed by atoms with van der Waals surface area (Å²) in [6.45, 7) is 1.43. The van der Waals surface area contributed by atoms with Crippen molar-refractivity contribution in [1.82, 2.24) is 14.6 Å². The van der Waals surface area contributed by atoms with E-state index < -0.39 is 16.1 Å². The first-order chi connectivity index (χ1) is 13.0. The number of hydrogen-bond donors (Lipinski definition) is 2. The first kappa shape index (κ1) is 18.5. The van der Waals surface area contributed by atoms with Crippen LogP contribution >= 0.6 is 0 Å². The van der Waals surface area contributed by atoms with E-state index in [1.807, 2.05) is 30.5 Å². The summed E-state index contributed by atoms with van der Waals surface area (Å²) in [5.74, 6) is -0.0978. The van der Waals surface area contributed by atoms with Gasteiger partial charge >= 0.3 is 0 Å². The Hall–Kier alpha value is -1.86. The second-order valence-corrected chi connectivity index (χ2v) is 9.71. The Kier molecular flexibility index (Phi) is 5.23. The van der Waals surface area contributed by atoms with Crippen LogP contribution in [-0.2, 0) is 21.2 Å². The fourth-order valence-corrected chi connectivity index (χ4v) is 6.08. The van der Waals surface area contributed by atoms with Gasteiger partial charge in [-0.2, -0.15) is 0 Å². The molecule has 0 unspecified atom stereocenters. The number of para-hydroxylation sites is 1. The first-order valence-electron chi connectivity index (χ1n) is 9.89. The Morgan fingerprint density at radius 3 is 2.59 bits per heavy atom. The van der Waals surface area contributed by atoms with Gasteiger partial charge in [0.25, 0.3) is 0 Å². The molecule has 1 atom stereocenters. The highest BCUT2D eigenvalue weighted by Gasteiger charge is 2.35. The summed E-state index contributed by atoms with van der Waals surface area (Å²) < 4.78 is 28.5. The number of benzene rings is 1. The van der Waals surface area contributed by atoms with Gasteiger partial charge in [-0.05, 0) is 43.7 Å². The molecule has 1 amide bonds. The number of hydrogen-bond acceptors (Lipinski definition) is 3. The van der Waals surface area contributed by atoms with Crippen LogP contribution in [0, 0.1) is 0 Å². The minimum Gasteiger partial charge on any atom is -0.361 e. The van der Waals surface area contributed by atoms with Gasteiger partial charge in [-0.15, -0.1) is 0 Å². The molecule has 0 radical (unpaired) electrons. The Balaban J connectivity index is 1.60. The molecule has 2 aromatic rings. The molecule has 0 spiro atoms. The predicted octanol–water partition coefficient (Wildman–Crippen LogP) is 2.56. The van der Waals surface area contributed by atoms with Crippen molar-refractivity contribution in [2.75, 3.05) is 13.1 Å². The van der Waals surface area contributed by atoms with Crippen molar-refractivity contribution in [3.8, 4) is 0 Å². The van der Waals surface area contributed by atoms with E-state index in [0.29, 0.717) is 32.4 Å². The van der Waals surface area contributed by atoms with E-state index in [1.54, 1.807) is 4.90 Å². The number of nitrogens with zero attached hydrogens (tertiary/aromatic N) is 1. The lowest BCUT2D eigenvalue weighted by Gasteiger charge is -2.25. The molecular formula is C20H27N3O3S. The third-order valence-corrected chi connectivity index (χ3v) is 7.82. The lowest BCUT2D eigenvalue weighted by Crippen LogP contribution is -2.50. The van der Waals surface area contributed by atoms with E-state index in [4.69, 9.17) is 0 Å². The summed E-state index contributed by atoms with van der Waals surface area (Å²) in [4.78, 5) is 18.1. The summed E-state index contributed by atoms with van der Waals surface area (Å²) in [5, 5.41) is 0.672. The number of rotatable bonds is 6. The van der Waals surface area contributed by atoms with Crippen LogP contribution in [0.3, 0.4) is 0 Å². The lowest BCUT2D eigenvalue weighted by molar-refractivity contribution is -0.131. The average Bonchev–Trinajstić information content (AvgIpc) is 3.41. The van der Waals surface area contributed by atoms with Crippen molar-refractivity contribution in [2.24, 2.45) is 0 Å². The summed E-state index contributed by atoms with van der Waals surface area (Å²) in [7, 11) is -3.50. The molecule has 7 heteroatoms. The Labute approximate surface area is 160 Å². The summed E-state index contributed by atoms with van der Waals surface area (Å²) in [6.07, 6.45) is 7.49. The molecule has 4 rings (SSSR count). The van der Waals surface area contributed by atoms with E-state index >= 15 is 0 Å². The molecule has 6 nitrogen and oxygen atoms in total. The molecule has 2 aliphatic rings. The molecular weight excluding hydrogens is 362 g/mol. The predicted molar refractivity (Wildman–Crippen MR) is 106 cm³/mol. The highest BCUT2D eigenvalue weighted by atomic mass is 32.2. The molecule has 1 aliphatic carbocycles. The number of carbonyl (C=O) groups is 1. The smallest absolute Gasteiger partial charge is 0.241 e. The Bertz CT molecular complexity index is 909. The minimum absolute atomic E-state index is 0.0978. The largest absolute Gasteiger partial charge is 0.361 e. The van der Waals surface area contributed by atoms with Crippen LogP contribution in [0.5, 0.6) is 0 Å². The van der Waals surface area contributed by atoms with Crippen molar-refractivity contribution in [2.45, 2.75) is 56.2 Å². The zero-order chi connectivity index (χ0) is 18.9. The molecule has 2 fully saturated rings. The molecule has 146 valence electrons. The zero-order valence-electron chi connectivity index (χ0n) is 15.5. The molecule has 1 aromatic heterocycles. The number of aromatic amines is 1. The van der Waals surface area contributed by atoms with E-state index in [9.17, 15) is 13.2 Å². The summed E-state index contributed by atoms with van der Waals surface area (Å²) in [5.41, 5.74) is 1.97. The van der Waals surface area contributed by atoms with Gasteiger partial charge in [0.15, 0.2) is 0 Å². The molecule has 1 saturated carbocycles. The van der Waals surface area contributed by atoms with Gasteiger partial charge in [0.2, 0.25) is 15.9 Å². The van der Waals surface area contributed by atoms with E-state index in [2.05, 4.69) is 9.71 Å². The number of sulfonamides is 1. The first-order valence-corrected chi connectivity index (χ1v) is 11.4. The standard InChI is InChI=1S/C20H27N3O3S/c24-20(23-11-5-6-12-23)19(22-27(25,26)16-7-1-2-8-16)13-15-14-21-18-10-4-3-9-17(15)18/h3-4,9-10,14,16,19,21-22H,1-2,5-8,11-13H2/t19-/m1/s1. The number of nitrogens with one attached hydrogen (secondary N) is 2. The second kappa shape index (κ2) is 7.64. The minimum atomic E-state index is -3.50. The number of amides is 1. The maximum atomic E-state index is 13.1. The van der Waals surface area contributed by atoms with Crippen molar-refractivity contribution >= 4 is 26.8 Å². The highest BCUT2D eigenvalue weighted by molar-refractivity contribution is 7.90. The van der Waals surface area contributed by atoms with Crippen molar-refractivity contribution in [3.05, 3.63) is 36.0 Å². The van der Waals surface area contributed by atoms with Crippen LogP contribution in [0.4, 0.5) is 0 Å². The lowest BCUT2D eigenvalue weighted by atomic mass is 10.0. The van der Waals surface area contributed by atoms with Crippen LogP contribution in [0.2, 0.25) is 0 Å². The normalized spacial score (nSPS) is 19.8. The topological polar surface area (TPSA) is 82.3 Å². The number of carbonyl (C=O) groups excluding carboxylic acids is 1. The Morgan fingerprint density at radius 2 is 1.85 bits per heavy atom. The summed E-state index contributed by atoms with van der Waals surface area (Å²) in [6, 6.07) is 7.16. The molecule has 1 saturated heterocycles. The van der Waals surface area contributed by atoms with Gasteiger partial charge in [0.1, 0.15) is 6.04 Å². The number of aromatic nitrogens is 1. The third kappa shape index (κ3) is 3.89. The maximum Gasteiger partial charge on any atom is 0.241 e. The molecule has 2 heterocycles. The van der Waals surface area contributed by atoms with Crippen LogP contribution in [-0.4, -0.2) is 48.6 Å². The second-order valence-electron chi connectivity index (χ2n) is 7.72. The third-order valence-electron chi connectivity index (χ3n) is 5.86. The monoisotopic (exact) mass is 389 g/mol. The van der Waals surface area contributed by atoms with Crippen LogP contribution in [0.25, 0.3) is 10.9 Å². The molecule has 27 heavy (non-hydrogen) atoms. The van der Waals surface area contributed by atoms with Gasteiger partial charge in [-0.3, -0.25) is 4.79 Å². The van der Waals surface area contributed by atoms with Crippen molar-refractivity contribution in [3.63, 3.8) is 0 Å². The van der Waals surface area contributed by atoms with Crippen molar-refractivity contribution < 1.29 is 13.2 Å². The SMILES string of the molecule is O=C([C@@H](Cc1c[nH]c2ccccc12)NS(=O)(=O)C1CCCC1)N1CCCC1. The number of likely N-dealkylation sites (tertiary alicyclic amines) is 1. The molecule has 2 N–H and O–H groups in total. The van der Waals surface area contributed by atoms with Gasteiger partial charge in [-0.25, -0.2) is 13.1 Å². The zero-order valence-corrected chi connectivity index (χ0v) is 16.3. The fraction of sp³-hybridized carbons (Fsp3) is 0.550. The van der Waals surface area contributed by atoms with E-state index in [-0.39, 0.29) is 11.2 Å². The van der Waals surface area contributed by atoms with Crippen LogP contribution < -0.4 is 4.72 Å². The Morgan fingerprint density at radius 1 is 1.15 bits per heavy atom. The molecule has 1 aromatic carbocycles. The average molecular weight is 390 g/mol. The van der Waals surface area contributed by atoms with Gasteiger partial charge < -0.3 is 9.88 Å². The molecule has 0 bridgehead atoms. The fourth-order valence-electron chi connectivity index (χ4n) is 4.35. The molecule has 1 aliphatic heterocycles. The highest BCUT2D eigenvalue weighted by Crippen LogP contribution is 2.26.